The first kappa shape index (κ1) is 21.5. The molecule has 3 rings (SSSR count). The van der Waals surface area contributed by atoms with Gasteiger partial charge in [-0.05, 0) is 44.4 Å². The molecular formula is C21H26N4O2S2. The second kappa shape index (κ2) is 9.09. The summed E-state index contributed by atoms with van der Waals surface area (Å²) < 4.78 is 2.08. The number of rotatable bonds is 7. The minimum Gasteiger partial charge on any atom is -0.356 e. The van der Waals surface area contributed by atoms with Gasteiger partial charge in [0.2, 0.25) is 0 Å². The van der Waals surface area contributed by atoms with Crippen LogP contribution < -0.4 is 10.5 Å². The first-order chi connectivity index (χ1) is 13.9. The zero-order valence-electron chi connectivity index (χ0n) is 17.3. The zero-order chi connectivity index (χ0) is 21.1. The monoisotopic (exact) mass is 430 g/mol. The largest absolute Gasteiger partial charge is 0.356 e. The molecule has 1 fully saturated rings. The molecule has 1 saturated heterocycles. The summed E-state index contributed by atoms with van der Waals surface area (Å²) in [6.45, 7) is 10.1. The number of pyridine rings is 1. The molecule has 2 aromatic rings. The molecule has 1 amide bonds. The molecule has 0 aromatic carbocycles. The van der Waals surface area contributed by atoms with E-state index >= 15 is 0 Å². The molecule has 0 spiro atoms. The van der Waals surface area contributed by atoms with Crippen molar-refractivity contribution in [2.24, 2.45) is 0 Å². The molecule has 29 heavy (non-hydrogen) atoms. The van der Waals surface area contributed by atoms with E-state index < -0.39 is 0 Å². The second-order valence-corrected chi connectivity index (χ2v) is 8.68. The quantitative estimate of drug-likeness (QED) is 0.491. The number of aromatic nitrogens is 2. The number of amides is 1. The summed E-state index contributed by atoms with van der Waals surface area (Å²) in [5, 5.41) is 0. The molecule has 0 saturated carbocycles. The number of fused-ring (bicyclic) bond motifs is 1. The topological polar surface area (TPSA) is 57.9 Å². The molecular weight excluding hydrogens is 404 g/mol. The maximum absolute atomic E-state index is 13.4. The van der Waals surface area contributed by atoms with Crippen molar-refractivity contribution in [2.45, 2.75) is 40.5 Å². The van der Waals surface area contributed by atoms with Crippen LogP contribution >= 0.6 is 24.0 Å². The second-order valence-electron chi connectivity index (χ2n) is 7.00. The van der Waals surface area contributed by atoms with Crippen LogP contribution in [0.2, 0.25) is 0 Å². The normalized spacial score (nSPS) is 15.7. The highest BCUT2D eigenvalue weighted by Gasteiger charge is 2.31. The Bertz CT molecular complexity index is 1040. The fourth-order valence-corrected chi connectivity index (χ4v) is 4.75. The van der Waals surface area contributed by atoms with Crippen molar-refractivity contribution < 1.29 is 4.79 Å². The van der Waals surface area contributed by atoms with Crippen molar-refractivity contribution in [1.82, 2.24) is 14.3 Å². The Labute approximate surface area is 180 Å². The number of thiocarbonyl (C=S) groups is 1. The lowest BCUT2D eigenvalue weighted by atomic mass is 10.2. The van der Waals surface area contributed by atoms with Crippen LogP contribution in [0.25, 0.3) is 11.7 Å². The van der Waals surface area contributed by atoms with Crippen LogP contribution in [-0.4, -0.2) is 44.1 Å². The third kappa shape index (κ3) is 4.23. The minimum absolute atomic E-state index is 0.153. The first-order valence-corrected chi connectivity index (χ1v) is 11.2. The van der Waals surface area contributed by atoms with Gasteiger partial charge in [-0.15, -0.1) is 0 Å². The van der Waals surface area contributed by atoms with Gasteiger partial charge in [-0.1, -0.05) is 43.9 Å². The molecule has 0 unspecified atom stereocenters. The molecule has 8 heteroatoms. The molecule has 0 atom stereocenters. The van der Waals surface area contributed by atoms with Crippen LogP contribution in [0.1, 0.15) is 44.7 Å². The van der Waals surface area contributed by atoms with E-state index in [1.165, 1.54) is 11.8 Å². The van der Waals surface area contributed by atoms with E-state index in [2.05, 4.69) is 18.7 Å². The number of nitrogens with zero attached hydrogens (tertiary/aromatic N) is 4. The predicted molar refractivity (Wildman–Crippen MR) is 125 cm³/mol. The number of aryl methyl sites for hydroxylation is 1. The van der Waals surface area contributed by atoms with E-state index in [-0.39, 0.29) is 11.5 Å². The molecule has 6 nitrogen and oxygen atoms in total. The number of hydrogen-bond acceptors (Lipinski definition) is 6. The molecule has 1 aliphatic heterocycles. The Morgan fingerprint density at radius 3 is 2.45 bits per heavy atom. The van der Waals surface area contributed by atoms with Gasteiger partial charge in [-0.3, -0.25) is 18.9 Å². The molecule has 0 radical (unpaired) electrons. The fourth-order valence-electron chi connectivity index (χ4n) is 3.38. The molecule has 1 aliphatic rings. The van der Waals surface area contributed by atoms with Crippen LogP contribution in [-0.2, 0) is 4.79 Å². The lowest BCUT2D eigenvalue weighted by Crippen LogP contribution is -2.31. The number of thioether (sulfide) groups is 1. The molecule has 0 bridgehead atoms. The summed E-state index contributed by atoms with van der Waals surface area (Å²) in [5.74, 6) is 0.476. The maximum atomic E-state index is 13.4. The van der Waals surface area contributed by atoms with E-state index in [1.54, 1.807) is 21.6 Å². The van der Waals surface area contributed by atoms with Crippen molar-refractivity contribution in [3.8, 4) is 0 Å². The van der Waals surface area contributed by atoms with E-state index in [1.807, 2.05) is 26.0 Å². The SMILES string of the molecule is CCCN(CCC)c1nc2ccc(C)cn2c(=O)c1C=C1SC(=S)N(CC)C1=O. The van der Waals surface area contributed by atoms with Gasteiger partial charge in [0.15, 0.2) is 0 Å². The summed E-state index contributed by atoms with van der Waals surface area (Å²) in [7, 11) is 0. The lowest BCUT2D eigenvalue weighted by molar-refractivity contribution is -0.121. The molecule has 0 N–H and O–H groups in total. The third-order valence-corrected chi connectivity index (χ3v) is 6.12. The van der Waals surface area contributed by atoms with Crippen LogP contribution in [0.4, 0.5) is 5.82 Å². The highest BCUT2D eigenvalue weighted by molar-refractivity contribution is 8.26. The average molecular weight is 431 g/mol. The van der Waals surface area contributed by atoms with Crippen molar-refractivity contribution in [1.29, 1.82) is 0 Å². The highest BCUT2D eigenvalue weighted by Crippen LogP contribution is 2.33. The first-order valence-electron chi connectivity index (χ1n) is 9.94. The van der Waals surface area contributed by atoms with Crippen LogP contribution in [0.15, 0.2) is 28.0 Å². The predicted octanol–water partition coefficient (Wildman–Crippen LogP) is 3.85. The number of anilines is 1. The Morgan fingerprint density at radius 2 is 1.86 bits per heavy atom. The highest BCUT2D eigenvalue weighted by atomic mass is 32.2. The average Bonchev–Trinajstić information content (AvgIpc) is 2.96. The Balaban J connectivity index is 2.25. The van der Waals surface area contributed by atoms with Gasteiger partial charge in [0, 0.05) is 25.8 Å². The van der Waals surface area contributed by atoms with Gasteiger partial charge in [0.05, 0.1) is 10.5 Å². The van der Waals surface area contributed by atoms with Gasteiger partial charge in [-0.2, -0.15) is 0 Å². The van der Waals surface area contributed by atoms with Crippen molar-refractivity contribution in [3.05, 3.63) is 44.7 Å². The Morgan fingerprint density at radius 1 is 1.17 bits per heavy atom. The number of hydrogen-bond donors (Lipinski definition) is 0. The van der Waals surface area contributed by atoms with Crippen molar-refractivity contribution in [3.63, 3.8) is 0 Å². The van der Waals surface area contributed by atoms with E-state index in [4.69, 9.17) is 17.2 Å². The van der Waals surface area contributed by atoms with Crippen LogP contribution in [0.3, 0.4) is 0 Å². The Kier molecular flexibility index (Phi) is 6.74. The summed E-state index contributed by atoms with van der Waals surface area (Å²) in [4.78, 5) is 35.1. The molecule has 0 aliphatic carbocycles. The van der Waals surface area contributed by atoms with Gasteiger partial charge in [0.1, 0.15) is 15.8 Å². The van der Waals surface area contributed by atoms with Gasteiger partial charge in [-0.25, -0.2) is 4.98 Å². The fraction of sp³-hybridized carbons (Fsp3) is 0.429. The third-order valence-electron chi connectivity index (χ3n) is 4.74. The summed E-state index contributed by atoms with van der Waals surface area (Å²) in [6, 6.07) is 3.80. The standard InChI is InChI=1S/C21H26N4O2S2/c1-5-10-23(11-6-2)18-15(12-16-20(27)24(7-3)21(28)29-16)19(26)25-13-14(4)8-9-17(25)22-18/h8-9,12-13H,5-7,10-11H2,1-4H3. The zero-order valence-corrected chi connectivity index (χ0v) is 18.9. The lowest BCUT2D eigenvalue weighted by Gasteiger charge is -2.24. The number of likely N-dealkylation sites (N-methyl/N-ethyl adjacent to an activating group) is 1. The van der Waals surface area contributed by atoms with E-state index in [0.29, 0.717) is 32.8 Å². The van der Waals surface area contributed by atoms with Gasteiger partial charge >= 0.3 is 0 Å². The van der Waals surface area contributed by atoms with E-state index in [9.17, 15) is 9.59 Å². The van der Waals surface area contributed by atoms with Crippen LogP contribution in [0.5, 0.6) is 0 Å². The molecule has 3 heterocycles. The number of carbonyl (C=O) groups is 1. The van der Waals surface area contributed by atoms with Crippen LogP contribution in [0, 0.1) is 6.92 Å². The summed E-state index contributed by atoms with van der Waals surface area (Å²) >= 11 is 6.56. The summed E-state index contributed by atoms with van der Waals surface area (Å²) in [5.41, 5.74) is 1.83. The maximum Gasteiger partial charge on any atom is 0.267 e. The van der Waals surface area contributed by atoms with Gasteiger partial charge in [0.25, 0.3) is 11.5 Å². The summed E-state index contributed by atoms with van der Waals surface area (Å²) in [6.07, 6.45) is 5.33. The molecule has 2 aromatic heterocycles. The Hall–Kier alpha value is -2.19. The van der Waals surface area contributed by atoms with Crippen molar-refractivity contribution in [2.75, 3.05) is 24.5 Å². The van der Waals surface area contributed by atoms with Crippen molar-refractivity contribution >= 4 is 51.7 Å². The van der Waals surface area contributed by atoms with E-state index in [0.717, 1.165) is 31.5 Å². The van der Waals surface area contributed by atoms with Gasteiger partial charge < -0.3 is 4.90 Å². The minimum atomic E-state index is -0.173. The smallest absolute Gasteiger partial charge is 0.267 e. The number of carbonyl (C=O) groups excluding carboxylic acids is 1. The molecule has 154 valence electrons.